The number of esters is 1. The molecular weight excluding hydrogens is 342 g/mol. The smallest absolute Gasteiger partial charge is 0.306 e. The van der Waals surface area contributed by atoms with Gasteiger partial charge in [-0.2, -0.15) is 4.80 Å². The van der Waals surface area contributed by atoms with Gasteiger partial charge in [-0.3, -0.25) is 9.78 Å². The number of pyridine rings is 1. The molecule has 0 spiro atoms. The molecule has 0 aliphatic heterocycles. The highest BCUT2D eigenvalue weighted by atomic mass is 16.6. The van der Waals surface area contributed by atoms with Crippen molar-refractivity contribution in [1.29, 1.82) is 0 Å². The Morgan fingerprint density at radius 2 is 1.93 bits per heavy atom. The average molecular weight is 371 g/mol. The molecule has 1 aliphatic rings. The van der Waals surface area contributed by atoms with E-state index in [-0.39, 0.29) is 5.97 Å². The molecule has 0 atom stereocenters. The average Bonchev–Trinajstić information content (AvgIpc) is 3.03. The van der Waals surface area contributed by atoms with Gasteiger partial charge in [-0.15, -0.1) is 10.2 Å². The fraction of sp³-hybridized carbons (Fsp3) is 0.650. The van der Waals surface area contributed by atoms with Gasteiger partial charge in [0.05, 0.1) is 6.54 Å². The normalized spacial score (nSPS) is 20.4. The Labute approximate surface area is 160 Å². The molecular formula is C20H29N5O2. The first-order chi connectivity index (χ1) is 12.8. The van der Waals surface area contributed by atoms with Crippen LogP contribution in [0, 0.1) is 18.8 Å². The highest BCUT2D eigenvalue weighted by Gasteiger charge is 2.26. The Bertz CT molecular complexity index is 773. The van der Waals surface area contributed by atoms with Gasteiger partial charge in [0.1, 0.15) is 5.60 Å². The van der Waals surface area contributed by atoms with Crippen LogP contribution in [0.5, 0.6) is 0 Å². The molecule has 1 fully saturated rings. The topological polar surface area (TPSA) is 82.8 Å². The van der Waals surface area contributed by atoms with Crippen LogP contribution in [0.2, 0.25) is 0 Å². The molecule has 0 N–H and O–H groups in total. The first-order valence-corrected chi connectivity index (χ1v) is 9.71. The summed E-state index contributed by atoms with van der Waals surface area (Å²) < 4.78 is 5.44. The molecule has 146 valence electrons. The summed E-state index contributed by atoms with van der Waals surface area (Å²) in [6.45, 7) is 8.46. The van der Waals surface area contributed by atoms with Crippen molar-refractivity contribution in [2.24, 2.45) is 11.8 Å². The summed E-state index contributed by atoms with van der Waals surface area (Å²) >= 11 is 0. The van der Waals surface area contributed by atoms with Gasteiger partial charge in [-0.05, 0) is 82.6 Å². The van der Waals surface area contributed by atoms with Gasteiger partial charge in [0.25, 0.3) is 0 Å². The molecule has 0 radical (unpaired) electrons. The van der Waals surface area contributed by atoms with Gasteiger partial charge in [-0.1, -0.05) is 0 Å². The van der Waals surface area contributed by atoms with Crippen LogP contribution >= 0.6 is 0 Å². The number of hydrogen-bond acceptors (Lipinski definition) is 6. The van der Waals surface area contributed by atoms with Gasteiger partial charge >= 0.3 is 5.97 Å². The maximum Gasteiger partial charge on any atom is 0.306 e. The molecule has 0 unspecified atom stereocenters. The second-order valence-electron chi connectivity index (χ2n) is 8.53. The number of carbonyl (C=O) groups is 1. The summed E-state index contributed by atoms with van der Waals surface area (Å²) in [6.07, 6.45) is 6.55. The largest absolute Gasteiger partial charge is 0.460 e. The van der Waals surface area contributed by atoms with E-state index < -0.39 is 5.60 Å². The Morgan fingerprint density at radius 1 is 1.22 bits per heavy atom. The van der Waals surface area contributed by atoms with E-state index in [0.29, 0.717) is 24.1 Å². The van der Waals surface area contributed by atoms with Gasteiger partial charge in [0.15, 0.2) is 0 Å². The Kier molecular flexibility index (Phi) is 5.87. The van der Waals surface area contributed by atoms with Crippen molar-refractivity contribution < 1.29 is 9.53 Å². The summed E-state index contributed by atoms with van der Waals surface area (Å²) in [7, 11) is 0. The standard InChI is InChI=1S/C20H29N5O2/c1-14-11-17(9-10-21-14)19-22-24-25(23-19)13-16-7-5-15(6-8-16)12-18(26)27-20(2,3)4/h9-11,15-16H,5-8,12-13H2,1-4H3. The molecule has 7 heteroatoms. The second-order valence-corrected chi connectivity index (χ2v) is 8.53. The first kappa shape index (κ1) is 19.5. The zero-order valence-electron chi connectivity index (χ0n) is 16.7. The summed E-state index contributed by atoms with van der Waals surface area (Å²) in [6, 6.07) is 3.86. The minimum Gasteiger partial charge on any atom is -0.460 e. The molecule has 0 saturated heterocycles. The van der Waals surface area contributed by atoms with Crippen molar-refractivity contribution in [2.75, 3.05) is 0 Å². The monoisotopic (exact) mass is 371 g/mol. The Hall–Kier alpha value is -2.31. The number of rotatable bonds is 5. The third-order valence-electron chi connectivity index (χ3n) is 4.87. The van der Waals surface area contributed by atoms with Crippen molar-refractivity contribution >= 4 is 5.97 Å². The lowest BCUT2D eigenvalue weighted by molar-refractivity contribution is -0.156. The SMILES string of the molecule is Cc1cc(-c2nnn(CC3CCC(CC(=O)OC(C)(C)C)CC3)n2)ccn1. The van der Waals surface area contributed by atoms with E-state index in [2.05, 4.69) is 20.4 Å². The van der Waals surface area contributed by atoms with Crippen LogP contribution < -0.4 is 0 Å². The Balaban J connectivity index is 1.48. The number of tetrazole rings is 1. The van der Waals surface area contributed by atoms with E-state index in [1.165, 1.54) is 0 Å². The van der Waals surface area contributed by atoms with E-state index >= 15 is 0 Å². The molecule has 0 bridgehead atoms. The van der Waals surface area contributed by atoms with Crippen LogP contribution in [-0.4, -0.2) is 36.8 Å². The van der Waals surface area contributed by atoms with Gasteiger partial charge in [0.2, 0.25) is 5.82 Å². The lowest BCUT2D eigenvalue weighted by Gasteiger charge is -2.28. The summed E-state index contributed by atoms with van der Waals surface area (Å²) in [5.74, 6) is 1.51. The minimum absolute atomic E-state index is 0.0822. The number of aromatic nitrogens is 5. The van der Waals surface area contributed by atoms with Crippen molar-refractivity contribution in [1.82, 2.24) is 25.2 Å². The Morgan fingerprint density at radius 3 is 2.59 bits per heavy atom. The van der Waals surface area contributed by atoms with Crippen molar-refractivity contribution in [3.8, 4) is 11.4 Å². The fourth-order valence-corrected chi connectivity index (χ4v) is 3.59. The van der Waals surface area contributed by atoms with E-state index in [9.17, 15) is 4.79 Å². The number of hydrogen-bond donors (Lipinski definition) is 0. The number of aryl methyl sites for hydroxylation is 1. The summed E-state index contributed by atoms with van der Waals surface area (Å²) in [4.78, 5) is 17.9. The first-order valence-electron chi connectivity index (χ1n) is 9.71. The van der Waals surface area contributed by atoms with E-state index in [1.54, 1.807) is 11.0 Å². The molecule has 1 aliphatic carbocycles. The predicted molar refractivity (Wildman–Crippen MR) is 102 cm³/mol. The van der Waals surface area contributed by atoms with Crippen molar-refractivity contribution in [3.05, 3.63) is 24.0 Å². The van der Waals surface area contributed by atoms with Crippen LogP contribution in [0.3, 0.4) is 0 Å². The van der Waals surface area contributed by atoms with Gasteiger partial charge in [0, 0.05) is 23.9 Å². The minimum atomic E-state index is -0.405. The molecule has 27 heavy (non-hydrogen) atoms. The van der Waals surface area contributed by atoms with Crippen LogP contribution in [0.25, 0.3) is 11.4 Å². The molecule has 0 aromatic carbocycles. The molecule has 7 nitrogen and oxygen atoms in total. The number of ether oxygens (including phenoxy) is 1. The lowest BCUT2D eigenvalue weighted by Crippen LogP contribution is -2.27. The van der Waals surface area contributed by atoms with Crippen molar-refractivity contribution in [2.45, 2.75) is 71.9 Å². The maximum absolute atomic E-state index is 12.0. The second kappa shape index (κ2) is 8.15. The molecule has 2 aromatic rings. The van der Waals surface area contributed by atoms with E-state index in [4.69, 9.17) is 4.74 Å². The third kappa shape index (κ3) is 5.84. The third-order valence-corrected chi connectivity index (χ3v) is 4.87. The molecule has 1 saturated carbocycles. The number of carbonyl (C=O) groups excluding carboxylic acids is 1. The molecule has 2 heterocycles. The van der Waals surface area contributed by atoms with Crippen LogP contribution in [0.1, 0.15) is 58.6 Å². The zero-order valence-corrected chi connectivity index (χ0v) is 16.7. The molecule has 0 amide bonds. The van der Waals surface area contributed by atoms with Gasteiger partial charge in [-0.25, -0.2) is 0 Å². The summed E-state index contributed by atoms with van der Waals surface area (Å²) in [5, 5.41) is 12.9. The maximum atomic E-state index is 12.0. The molecule has 3 rings (SSSR count). The summed E-state index contributed by atoms with van der Waals surface area (Å²) in [5.41, 5.74) is 1.47. The predicted octanol–water partition coefficient (Wildman–Crippen LogP) is 3.58. The zero-order chi connectivity index (χ0) is 19.4. The van der Waals surface area contributed by atoms with Crippen LogP contribution in [0.4, 0.5) is 0 Å². The van der Waals surface area contributed by atoms with Crippen LogP contribution in [-0.2, 0) is 16.1 Å². The van der Waals surface area contributed by atoms with Crippen molar-refractivity contribution in [3.63, 3.8) is 0 Å². The van der Waals surface area contributed by atoms with Gasteiger partial charge < -0.3 is 4.74 Å². The van der Waals surface area contributed by atoms with Crippen LogP contribution in [0.15, 0.2) is 18.3 Å². The highest BCUT2D eigenvalue weighted by Crippen LogP contribution is 2.32. The van der Waals surface area contributed by atoms with E-state index in [0.717, 1.165) is 43.5 Å². The highest BCUT2D eigenvalue weighted by molar-refractivity contribution is 5.70. The number of nitrogens with zero attached hydrogens (tertiary/aromatic N) is 5. The van der Waals surface area contributed by atoms with E-state index in [1.807, 2.05) is 39.8 Å². The molecule has 2 aromatic heterocycles. The fourth-order valence-electron chi connectivity index (χ4n) is 3.59. The lowest BCUT2D eigenvalue weighted by atomic mass is 9.80. The quantitative estimate of drug-likeness (QED) is 0.747.